The molecule has 0 atom stereocenters. The molecule has 0 heterocycles. The summed E-state index contributed by atoms with van der Waals surface area (Å²) in [4.78, 5) is 0.00149. The summed E-state index contributed by atoms with van der Waals surface area (Å²) in [5.41, 5.74) is 0.432. The maximum Gasteiger partial charge on any atom is 0.179 e. The Morgan fingerprint density at radius 1 is 1.10 bits per heavy atom. The fraction of sp³-hybridized carbons (Fsp3) is 0.538. The van der Waals surface area contributed by atoms with Crippen LogP contribution in [-0.4, -0.2) is 34.9 Å². The zero-order valence-corrected chi connectivity index (χ0v) is 13.9. The normalized spacial score (nSPS) is 13.2. The molecule has 0 aliphatic carbocycles. The van der Waals surface area contributed by atoms with Gasteiger partial charge in [0.05, 0.1) is 17.6 Å². The Morgan fingerprint density at radius 3 is 2.05 bits per heavy atom. The molecule has 0 unspecified atom stereocenters. The van der Waals surface area contributed by atoms with E-state index in [1.807, 2.05) is 0 Å². The lowest BCUT2D eigenvalue weighted by molar-refractivity contribution is 0.402. The lowest BCUT2D eigenvalue weighted by Crippen LogP contribution is -2.29. The van der Waals surface area contributed by atoms with Gasteiger partial charge >= 0.3 is 0 Å². The van der Waals surface area contributed by atoms with Gasteiger partial charge in [-0.1, -0.05) is 6.07 Å². The van der Waals surface area contributed by atoms with Crippen LogP contribution in [0.1, 0.15) is 26.3 Å². The number of ether oxygens (including phenoxy) is 1. The van der Waals surface area contributed by atoms with E-state index in [4.69, 9.17) is 4.74 Å². The molecule has 0 saturated carbocycles. The van der Waals surface area contributed by atoms with Crippen molar-refractivity contribution in [3.8, 4) is 5.75 Å². The van der Waals surface area contributed by atoms with Crippen LogP contribution in [0.3, 0.4) is 0 Å². The van der Waals surface area contributed by atoms with E-state index >= 15 is 0 Å². The molecular weight excluding hydrogens is 300 g/mol. The highest BCUT2D eigenvalue weighted by Gasteiger charge is 2.29. The molecule has 20 heavy (non-hydrogen) atoms. The Balaban J connectivity index is 3.32. The van der Waals surface area contributed by atoms with Crippen molar-refractivity contribution in [2.75, 3.05) is 13.4 Å². The van der Waals surface area contributed by atoms with Crippen LogP contribution in [0.4, 0.5) is 0 Å². The molecule has 0 N–H and O–H groups in total. The monoisotopic (exact) mass is 320 g/mol. The summed E-state index contributed by atoms with van der Waals surface area (Å²) in [6, 6.07) is 4.40. The molecule has 7 heteroatoms. The van der Waals surface area contributed by atoms with Gasteiger partial charge in [-0.15, -0.1) is 0 Å². The third-order valence-corrected chi connectivity index (χ3v) is 6.61. The molecule has 5 nitrogen and oxygen atoms in total. The molecular formula is C13H20O5S2. The Kier molecular flexibility index (Phi) is 4.55. The second-order valence-electron chi connectivity index (χ2n) is 5.63. The van der Waals surface area contributed by atoms with Crippen LogP contribution in [0.25, 0.3) is 0 Å². The number of sulfone groups is 2. The van der Waals surface area contributed by atoms with Gasteiger partial charge in [-0.2, -0.15) is 0 Å². The van der Waals surface area contributed by atoms with Gasteiger partial charge < -0.3 is 4.74 Å². The zero-order chi connectivity index (χ0) is 15.8. The Hall–Kier alpha value is -1.08. The average molecular weight is 320 g/mol. The first kappa shape index (κ1) is 17.0. The third kappa shape index (κ3) is 3.73. The van der Waals surface area contributed by atoms with Crippen molar-refractivity contribution in [1.82, 2.24) is 0 Å². The molecule has 0 aromatic heterocycles. The Labute approximate surface area is 120 Å². The summed E-state index contributed by atoms with van der Waals surface area (Å²) < 4.78 is 51.8. The van der Waals surface area contributed by atoms with Crippen molar-refractivity contribution < 1.29 is 21.6 Å². The lowest BCUT2D eigenvalue weighted by atomic mass is 10.2. The summed E-state index contributed by atoms with van der Waals surface area (Å²) >= 11 is 0. The molecule has 0 spiro atoms. The number of benzene rings is 1. The summed E-state index contributed by atoms with van der Waals surface area (Å²) in [5.74, 6) is 0.00707. The summed E-state index contributed by atoms with van der Waals surface area (Å²) in [6.45, 7) is 4.84. The smallest absolute Gasteiger partial charge is 0.179 e. The first-order chi connectivity index (χ1) is 8.88. The summed E-state index contributed by atoms with van der Waals surface area (Å²) in [5, 5.41) is 0. The molecule has 114 valence electrons. The van der Waals surface area contributed by atoms with Crippen molar-refractivity contribution in [2.45, 2.75) is 36.2 Å². The molecule has 0 aliphatic rings. The zero-order valence-electron chi connectivity index (χ0n) is 12.3. The van der Waals surface area contributed by atoms with Gasteiger partial charge in [0.2, 0.25) is 0 Å². The SMILES string of the molecule is COc1ccc(CS(=O)(=O)C(C)(C)C)cc1S(C)(=O)=O. The average Bonchev–Trinajstić information content (AvgIpc) is 2.25. The van der Waals surface area contributed by atoms with Crippen LogP contribution >= 0.6 is 0 Å². The van der Waals surface area contributed by atoms with E-state index in [1.54, 1.807) is 26.8 Å². The molecule has 0 fully saturated rings. The quantitative estimate of drug-likeness (QED) is 0.845. The minimum absolute atomic E-state index is 0.00149. The fourth-order valence-electron chi connectivity index (χ4n) is 1.54. The maximum atomic E-state index is 12.2. The van der Waals surface area contributed by atoms with E-state index in [2.05, 4.69) is 0 Å². The predicted molar refractivity (Wildman–Crippen MR) is 78.5 cm³/mol. The van der Waals surface area contributed by atoms with Gasteiger partial charge in [0.15, 0.2) is 19.7 Å². The van der Waals surface area contributed by atoms with Crippen molar-refractivity contribution in [2.24, 2.45) is 0 Å². The van der Waals surface area contributed by atoms with Gasteiger partial charge in [-0.25, -0.2) is 16.8 Å². The van der Waals surface area contributed by atoms with Gasteiger partial charge in [0.25, 0.3) is 0 Å². The van der Waals surface area contributed by atoms with Crippen molar-refractivity contribution >= 4 is 19.7 Å². The standard InChI is InChI=1S/C13H20O5S2/c1-13(2,3)20(16,17)9-10-6-7-11(18-4)12(8-10)19(5,14)15/h6-8H,9H2,1-5H3. The minimum atomic E-state index is -3.48. The van der Waals surface area contributed by atoms with E-state index in [9.17, 15) is 16.8 Å². The Morgan fingerprint density at radius 2 is 1.65 bits per heavy atom. The highest BCUT2D eigenvalue weighted by atomic mass is 32.2. The van der Waals surface area contributed by atoms with E-state index in [0.29, 0.717) is 5.56 Å². The largest absolute Gasteiger partial charge is 0.495 e. The molecule has 1 rings (SSSR count). The predicted octanol–water partition coefficient (Wildman–Crippen LogP) is 1.81. The van der Waals surface area contributed by atoms with Crippen LogP contribution in [0.5, 0.6) is 5.75 Å². The third-order valence-electron chi connectivity index (χ3n) is 2.92. The number of hydrogen-bond donors (Lipinski definition) is 0. The molecule has 0 bridgehead atoms. The molecule has 0 saturated heterocycles. The summed E-state index contributed by atoms with van der Waals surface area (Å²) in [7, 11) is -5.48. The topological polar surface area (TPSA) is 77.5 Å². The molecule has 0 aliphatic heterocycles. The first-order valence-corrected chi connectivity index (χ1v) is 9.52. The molecule has 0 radical (unpaired) electrons. The number of methoxy groups -OCH3 is 1. The van der Waals surface area contributed by atoms with E-state index in [1.165, 1.54) is 19.2 Å². The van der Waals surface area contributed by atoms with Crippen molar-refractivity contribution in [3.05, 3.63) is 23.8 Å². The van der Waals surface area contributed by atoms with E-state index in [-0.39, 0.29) is 16.4 Å². The van der Waals surface area contributed by atoms with Crippen LogP contribution < -0.4 is 4.74 Å². The highest BCUT2D eigenvalue weighted by molar-refractivity contribution is 7.92. The van der Waals surface area contributed by atoms with Crippen molar-refractivity contribution in [3.63, 3.8) is 0 Å². The van der Waals surface area contributed by atoms with Gasteiger partial charge in [0, 0.05) is 6.26 Å². The van der Waals surface area contributed by atoms with Crippen LogP contribution in [0.2, 0.25) is 0 Å². The first-order valence-electron chi connectivity index (χ1n) is 5.98. The van der Waals surface area contributed by atoms with Crippen LogP contribution in [0.15, 0.2) is 23.1 Å². The molecule has 0 amide bonds. The fourth-order valence-corrected chi connectivity index (χ4v) is 3.47. The minimum Gasteiger partial charge on any atom is -0.495 e. The second kappa shape index (κ2) is 5.37. The van der Waals surface area contributed by atoms with Gasteiger partial charge in [-0.05, 0) is 38.5 Å². The van der Waals surface area contributed by atoms with Crippen molar-refractivity contribution in [1.29, 1.82) is 0 Å². The summed E-state index contributed by atoms with van der Waals surface area (Å²) in [6.07, 6.45) is 1.06. The number of hydrogen-bond acceptors (Lipinski definition) is 5. The maximum absolute atomic E-state index is 12.2. The Bertz CT molecular complexity index is 695. The molecule has 1 aromatic rings. The van der Waals surface area contributed by atoms with Crippen LogP contribution in [-0.2, 0) is 25.4 Å². The molecule has 1 aromatic carbocycles. The van der Waals surface area contributed by atoms with Gasteiger partial charge in [0.1, 0.15) is 10.6 Å². The van der Waals surface area contributed by atoms with Crippen LogP contribution in [0, 0.1) is 0 Å². The van der Waals surface area contributed by atoms with E-state index < -0.39 is 24.4 Å². The highest BCUT2D eigenvalue weighted by Crippen LogP contribution is 2.27. The second-order valence-corrected chi connectivity index (χ2v) is 10.4. The number of rotatable bonds is 4. The lowest BCUT2D eigenvalue weighted by Gasteiger charge is -2.19. The van der Waals surface area contributed by atoms with Gasteiger partial charge in [-0.3, -0.25) is 0 Å². The van der Waals surface area contributed by atoms with E-state index in [0.717, 1.165) is 6.26 Å².